The molecule has 1 saturated heterocycles. The molecule has 2 heterocycles. The number of nitrogens with zero attached hydrogens (tertiary/aromatic N) is 3. The zero-order valence-corrected chi connectivity index (χ0v) is 12.9. The first-order chi connectivity index (χ1) is 10.1. The van der Waals surface area contributed by atoms with Gasteiger partial charge in [0.15, 0.2) is 5.58 Å². The summed E-state index contributed by atoms with van der Waals surface area (Å²) >= 11 is 0. The Hall–Kier alpha value is -1.59. The third-order valence-corrected chi connectivity index (χ3v) is 4.15. The maximum absolute atomic E-state index is 5.80. The summed E-state index contributed by atoms with van der Waals surface area (Å²) in [4.78, 5) is 9.26. The number of benzene rings is 1. The quantitative estimate of drug-likeness (QED) is 0.874. The Morgan fingerprint density at radius 3 is 2.81 bits per heavy atom. The van der Waals surface area contributed by atoms with E-state index < -0.39 is 0 Å². The second kappa shape index (κ2) is 6.03. The summed E-state index contributed by atoms with van der Waals surface area (Å²) in [5, 5.41) is 0. The Balaban J connectivity index is 1.59. The second-order valence-electron chi connectivity index (χ2n) is 6.32. The van der Waals surface area contributed by atoms with Crippen molar-refractivity contribution in [2.45, 2.75) is 19.4 Å². The Labute approximate surface area is 125 Å². The molecule has 2 N–H and O–H groups in total. The summed E-state index contributed by atoms with van der Waals surface area (Å²) in [6.07, 6.45) is 2.51. The molecule has 1 aromatic carbocycles. The third-order valence-electron chi connectivity index (χ3n) is 4.15. The molecule has 0 saturated carbocycles. The molecule has 0 bridgehead atoms. The summed E-state index contributed by atoms with van der Waals surface area (Å²) < 4.78 is 5.80. The van der Waals surface area contributed by atoms with Crippen LogP contribution in [0.3, 0.4) is 0 Å². The van der Waals surface area contributed by atoms with Gasteiger partial charge in [0.1, 0.15) is 5.52 Å². The predicted molar refractivity (Wildman–Crippen MR) is 85.0 cm³/mol. The molecule has 114 valence electrons. The van der Waals surface area contributed by atoms with E-state index in [4.69, 9.17) is 10.2 Å². The van der Waals surface area contributed by atoms with Crippen LogP contribution in [0.2, 0.25) is 0 Å². The normalized spacial score (nSPS) is 17.9. The van der Waals surface area contributed by atoms with Crippen molar-refractivity contribution in [3.05, 3.63) is 24.1 Å². The molecule has 0 radical (unpaired) electrons. The molecule has 0 amide bonds. The topological polar surface area (TPSA) is 58.5 Å². The van der Waals surface area contributed by atoms with Crippen molar-refractivity contribution in [3.8, 4) is 0 Å². The fraction of sp³-hybridized carbons (Fsp3) is 0.562. The molecule has 0 atom stereocenters. The number of hydrogen-bond donors (Lipinski definition) is 1. The van der Waals surface area contributed by atoms with Gasteiger partial charge in [-0.15, -0.1) is 0 Å². The number of fused-ring (bicyclic) bond motifs is 1. The molecule has 1 aliphatic heterocycles. The summed E-state index contributed by atoms with van der Waals surface area (Å²) in [6.45, 7) is 4.23. The van der Waals surface area contributed by atoms with Crippen LogP contribution in [0.4, 0.5) is 5.69 Å². The SMILES string of the molecule is CN(C)CC1CCN(Cc2nc3ccc(N)cc3o2)CC1. The monoisotopic (exact) mass is 288 g/mol. The van der Waals surface area contributed by atoms with Gasteiger partial charge in [0.2, 0.25) is 5.89 Å². The van der Waals surface area contributed by atoms with Crippen LogP contribution in [-0.4, -0.2) is 48.5 Å². The maximum Gasteiger partial charge on any atom is 0.209 e. The summed E-state index contributed by atoms with van der Waals surface area (Å²) in [7, 11) is 4.30. The number of likely N-dealkylation sites (tertiary alicyclic amines) is 1. The average molecular weight is 288 g/mol. The Morgan fingerprint density at radius 2 is 2.10 bits per heavy atom. The van der Waals surface area contributed by atoms with Crippen molar-refractivity contribution >= 4 is 16.8 Å². The van der Waals surface area contributed by atoms with Gasteiger partial charge < -0.3 is 15.1 Å². The highest BCUT2D eigenvalue weighted by atomic mass is 16.3. The molecule has 2 aromatic rings. The van der Waals surface area contributed by atoms with Crippen molar-refractivity contribution in [1.29, 1.82) is 0 Å². The standard InChI is InChI=1S/C16H24N4O/c1-19(2)10-12-5-7-20(8-6-12)11-16-18-14-4-3-13(17)9-15(14)21-16/h3-4,9,12H,5-8,10-11,17H2,1-2H3. The molecule has 5 nitrogen and oxygen atoms in total. The number of oxazole rings is 1. The Bertz CT molecular complexity index is 599. The number of piperidine rings is 1. The van der Waals surface area contributed by atoms with Crippen LogP contribution in [0.5, 0.6) is 0 Å². The van der Waals surface area contributed by atoms with E-state index in [1.165, 1.54) is 19.4 Å². The van der Waals surface area contributed by atoms with E-state index in [9.17, 15) is 0 Å². The fourth-order valence-electron chi connectivity index (χ4n) is 3.09. The lowest BCUT2D eigenvalue weighted by Gasteiger charge is -2.32. The first-order valence-corrected chi connectivity index (χ1v) is 7.62. The van der Waals surface area contributed by atoms with E-state index in [1.54, 1.807) is 0 Å². The van der Waals surface area contributed by atoms with Gasteiger partial charge in [-0.1, -0.05) is 0 Å². The van der Waals surface area contributed by atoms with Crippen molar-refractivity contribution in [2.24, 2.45) is 5.92 Å². The minimum absolute atomic E-state index is 0.717. The molecule has 1 fully saturated rings. The highest BCUT2D eigenvalue weighted by Crippen LogP contribution is 2.22. The molecule has 0 spiro atoms. The lowest BCUT2D eigenvalue weighted by molar-refractivity contribution is 0.147. The maximum atomic E-state index is 5.80. The number of rotatable bonds is 4. The van der Waals surface area contributed by atoms with Crippen molar-refractivity contribution in [2.75, 3.05) is 39.5 Å². The Morgan fingerprint density at radius 1 is 1.33 bits per heavy atom. The lowest BCUT2D eigenvalue weighted by atomic mass is 9.96. The summed E-state index contributed by atoms with van der Waals surface area (Å²) in [5.41, 5.74) is 8.16. The van der Waals surface area contributed by atoms with E-state index in [2.05, 4.69) is 28.9 Å². The number of nitrogen functional groups attached to an aromatic ring is 1. The number of anilines is 1. The highest BCUT2D eigenvalue weighted by molar-refractivity contribution is 5.76. The molecular weight excluding hydrogens is 264 g/mol. The molecule has 1 aliphatic rings. The minimum Gasteiger partial charge on any atom is -0.439 e. The van der Waals surface area contributed by atoms with Gasteiger partial charge >= 0.3 is 0 Å². The first-order valence-electron chi connectivity index (χ1n) is 7.62. The van der Waals surface area contributed by atoms with Gasteiger partial charge in [-0.25, -0.2) is 4.98 Å². The zero-order chi connectivity index (χ0) is 14.8. The zero-order valence-electron chi connectivity index (χ0n) is 12.9. The smallest absolute Gasteiger partial charge is 0.209 e. The van der Waals surface area contributed by atoms with Crippen molar-refractivity contribution in [3.63, 3.8) is 0 Å². The molecule has 0 unspecified atom stereocenters. The van der Waals surface area contributed by atoms with E-state index in [-0.39, 0.29) is 0 Å². The predicted octanol–water partition coefficient (Wildman–Crippen LogP) is 2.18. The number of hydrogen-bond acceptors (Lipinski definition) is 5. The van der Waals surface area contributed by atoms with Crippen LogP contribution in [0.1, 0.15) is 18.7 Å². The van der Waals surface area contributed by atoms with Gasteiger partial charge in [-0.3, -0.25) is 4.90 Å². The number of aromatic nitrogens is 1. The summed E-state index contributed by atoms with van der Waals surface area (Å²) in [6, 6.07) is 5.62. The molecule has 3 rings (SSSR count). The van der Waals surface area contributed by atoms with Gasteiger partial charge in [0, 0.05) is 18.3 Å². The fourth-order valence-corrected chi connectivity index (χ4v) is 3.09. The lowest BCUT2D eigenvalue weighted by Crippen LogP contribution is -2.36. The summed E-state index contributed by atoms with van der Waals surface area (Å²) in [5.74, 6) is 1.61. The van der Waals surface area contributed by atoms with Crippen LogP contribution < -0.4 is 5.73 Å². The van der Waals surface area contributed by atoms with Crippen molar-refractivity contribution < 1.29 is 4.42 Å². The van der Waals surface area contributed by atoms with Gasteiger partial charge in [0.05, 0.1) is 6.54 Å². The van der Waals surface area contributed by atoms with E-state index in [1.807, 2.05) is 18.2 Å². The Kier molecular flexibility index (Phi) is 4.12. The van der Waals surface area contributed by atoms with Gasteiger partial charge in [0.25, 0.3) is 0 Å². The van der Waals surface area contributed by atoms with Crippen molar-refractivity contribution in [1.82, 2.24) is 14.8 Å². The highest BCUT2D eigenvalue weighted by Gasteiger charge is 2.21. The molecule has 0 aliphatic carbocycles. The molecule has 5 heteroatoms. The molecular formula is C16H24N4O. The van der Waals surface area contributed by atoms with E-state index in [0.717, 1.165) is 48.2 Å². The van der Waals surface area contributed by atoms with E-state index >= 15 is 0 Å². The molecule has 1 aromatic heterocycles. The first kappa shape index (κ1) is 14.4. The van der Waals surface area contributed by atoms with Gasteiger partial charge in [-0.05, 0) is 58.1 Å². The van der Waals surface area contributed by atoms with Gasteiger partial charge in [-0.2, -0.15) is 0 Å². The van der Waals surface area contributed by atoms with Crippen LogP contribution in [-0.2, 0) is 6.54 Å². The third kappa shape index (κ3) is 3.54. The molecule has 21 heavy (non-hydrogen) atoms. The largest absolute Gasteiger partial charge is 0.439 e. The van der Waals surface area contributed by atoms with Crippen LogP contribution in [0, 0.1) is 5.92 Å². The minimum atomic E-state index is 0.717. The van der Waals surface area contributed by atoms with E-state index in [0.29, 0.717) is 0 Å². The van der Waals surface area contributed by atoms with Crippen LogP contribution in [0.25, 0.3) is 11.1 Å². The average Bonchev–Trinajstić information content (AvgIpc) is 2.82. The van der Waals surface area contributed by atoms with Crippen LogP contribution >= 0.6 is 0 Å². The number of nitrogens with two attached hydrogens (primary N) is 1. The second-order valence-corrected chi connectivity index (χ2v) is 6.32. The van der Waals surface area contributed by atoms with Crippen LogP contribution in [0.15, 0.2) is 22.6 Å².